The van der Waals surface area contributed by atoms with Crippen molar-refractivity contribution in [3.05, 3.63) is 54.1 Å². The molecule has 0 bridgehead atoms. The summed E-state index contributed by atoms with van der Waals surface area (Å²) in [6, 6.07) is 14.9. The molecule has 2 rings (SSSR count). The Bertz CT molecular complexity index is 679. The Kier molecular flexibility index (Phi) is 7.82. The molecule has 6 nitrogen and oxygen atoms in total. The molecule has 2 N–H and O–H groups in total. The van der Waals surface area contributed by atoms with E-state index >= 15 is 0 Å². The third-order valence-electron chi connectivity index (χ3n) is 4.20. The van der Waals surface area contributed by atoms with E-state index in [0.29, 0.717) is 12.2 Å². The number of amides is 2. The first-order valence-electron chi connectivity index (χ1n) is 9.09. The van der Waals surface area contributed by atoms with Crippen molar-refractivity contribution < 1.29 is 14.3 Å². The molecule has 0 atom stereocenters. The number of carbonyl (C=O) groups is 2. The number of likely N-dealkylation sites (N-methyl/N-ethyl adjacent to an activating group) is 1. The smallest absolute Gasteiger partial charge is 0.238 e. The highest BCUT2D eigenvalue weighted by molar-refractivity contribution is 5.94. The van der Waals surface area contributed by atoms with Gasteiger partial charge in [-0.1, -0.05) is 26.0 Å². The number of aryl methyl sites for hydroxylation is 1. The van der Waals surface area contributed by atoms with Gasteiger partial charge in [-0.3, -0.25) is 14.5 Å². The van der Waals surface area contributed by atoms with Gasteiger partial charge in [0.05, 0.1) is 20.2 Å². The number of hydrogen-bond donors (Lipinski definition) is 2. The van der Waals surface area contributed by atoms with E-state index < -0.39 is 0 Å². The van der Waals surface area contributed by atoms with Crippen LogP contribution in [-0.2, 0) is 16.0 Å². The number of nitrogens with zero attached hydrogens (tertiary/aromatic N) is 1. The first kappa shape index (κ1) is 20.5. The van der Waals surface area contributed by atoms with Crippen LogP contribution >= 0.6 is 0 Å². The average molecular weight is 369 g/mol. The van der Waals surface area contributed by atoms with Gasteiger partial charge in [-0.15, -0.1) is 0 Å². The van der Waals surface area contributed by atoms with Crippen LogP contribution < -0.4 is 15.4 Å². The van der Waals surface area contributed by atoms with Gasteiger partial charge in [0.25, 0.3) is 0 Å². The van der Waals surface area contributed by atoms with Crippen molar-refractivity contribution in [1.82, 2.24) is 4.90 Å². The predicted octanol–water partition coefficient (Wildman–Crippen LogP) is 3.16. The topological polar surface area (TPSA) is 70.7 Å². The molecule has 0 aromatic heterocycles. The quantitative estimate of drug-likeness (QED) is 0.712. The maximum Gasteiger partial charge on any atom is 0.238 e. The molecule has 0 aliphatic heterocycles. The third kappa shape index (κ3) is 6.75. The fraction of sp³-hybridized carbons (Fsp3) is 0.333. The van der Waals surface area contributed by atoms with Crippen molar-refractivity contribution in [3.8, 4) is 5.75 Å². The number of methoxy groups -OCH3 is 1. The Balaban J connectivity index is 1.83. The Hall–Kier alpha value is -2.86. The van der Waals surface area contributed by atoms with Crippen molar-refractivity contribution in [2.75, 3.05) is 37.4 Å². The lowest BCUT2D eigenvalue weighted by Gasteiger charge is -2.19. The first-order chi connectivity index (χ1) is 13.0. The normalized spacial score (nSPS) is 10.5. The van der Waals surface area contributed by atoms with E-state index in [4.69, 9.17) is 4.74 Å². The van der Waals surface area contributed by atoms with Crippen LogP contribution in [0.2, 0.25) is 0 Å². The molecule has 0 saturated carbocycles. The monoisotopic (exact) mass is 369 g/mol. The zero-order valence-electron chi connectivity index (χ0n) is 16.1. The van der Waals surface area contributed by atoms with Crippen molar-refractivity contribution in [2.45, 2.75) is 20.3 Å². The Labute approximate surface area is 160 Å². The lowest BCUT2D eigenvalue weighted by Crippen LogP contribution is -2.38. The van der Waals surface area contributed by atoms with Crippen molar-refractivity contribution in [2.24, 2.45) is 0 Å². The summed E-state index contributed by atoms with van der Waals surface area (Å²) in [4.78, 5) is 26.3. The Morgan fingerprint density at radius 3 is 1.74 bits per heavy atom. The minimum atomic E-state index is -0.165. The minimum absolute atomic E-state index is 0.140. The zero-order chi connectivity index (χ0) is 19.6. The number of hydrogen-bond acceptors (Lipinski definition) is 4. The van der Waals surface area contributed by atoms with Crippen LogP contribution in [0, 0.1) is 0 Å². The maximum atomic E-state index is 12.2. The fourth-order valence-electron chi connectivity index (χ4n) is 2.58. The summed E-state index contributed by atoms with van der Waals surface area (Å²) in [6.45, 7) is 4.90. The van der Waals surface area contributed by atoms with Gasteiger partial charge in [0.2, 0.25) is 11.8 Å². The molecule has 2 aromatic carbocycles. The molecule has 6 heteroatoms. The van der Waals surface area contributed by atoms with Crippen molar-refractivity contribution in [1.29, 1.82) is 0 Å². The van der Waals surface area contributed by atoms with Crippen LogP contribution in [0.5, 0.6) is 5.75 Å². The summed E-state index contributed by atoms with van der Waals surface area (Å²) in [6.07, 6.45) is 0.959. The molecule has 0 radical (unpaired) electrons. The van der Waals surface area contributed by atoms with Gasteiger partial charge in [0.15, 0.2) is 0 Å². The molecule has 0 saturated heterocycles. The zero-order valence-corrected chi connectivity index (χ0v) is 16.1. The molecule has 27 heavy (non-hydrogen) atoms. The highest BCUT2D eigenvalue weighted by Crippen LogP contribution is 2.15. The van der Waals surface area contributed by atoms with Crippen LogP contribution in [0.3, 0.4) is 0 Å². The molecule has 0 spiro atoms. The number of rotatable bonds is 9. The van der Waals surface area contributed by atoms with Gasteiger partial charge in [-0.2, -0.15) is 0 Å². The van der Waals surface area contributed by atoms with Gasteiger partial charge in [-0.05, 0) is 54.9 Å². The summed E-state index contributed by atoms with van der Waals surface area (Å²) in [5.74, 6) is 0.423. The number of anilines is 2. The van der Waals surface area contributed by atoms with Crippen molar-refractivity contribution >= 4 is 23.2 Å². The van der Waals surface area contributed by atoms with E-state index in [1.807, 2.05) is 31.2 Å². The second-order valence-electron chi connectivity index (χ2n) is 6.18. The van der Waals surface area contributed by atoms with Crippen molar-refractivity contribution in [3.63, 3.8) is 0 Å². The molecular weight excluding hydrogens is 342 g/mol. The second-order valence-corrected chi connectivity index (χ2v) is 6.18. The van der Waals surface area contributed by atoms with E-state index in [9.17, 15) is 9.59 Å². The summed E-state index contributed by atoms with van der Waals surface area (Å²) < 4.78 is 5.10. The second kappa shape index (κ2) is 10.3. The maximum absolute atomic E-state index is 12.2. The van der Waals surface area contributed by atoms with E-state index in [0.717, 1.165) is 17.9 Å². The molecular formula is C21H27N3O3. The number of ether oxygens (including phenoxy) is 1. The molecule has 2 aromatic rings. The lowest BCUT2D eigenvalue weighted by molar-refractivity contribution is -0.119. The van der Waals surface area contributed by atoms with Crippen LogP contribution in [0.4, 0.5) is 11.4 Å². The van der Waals surface area contributed by atoms with E-state index in [1.54, 1.807) is 36.3 Å². The molecule has 0 fully saturated rings. The van der Waals surface area contributed by atoms with Gasteiger partial charge in [0, 0.05) is 11.4 Å². The Morgan fingerprint density at radius 2 is 1.33 bits per heavy atom. The van der Waals surface area contributed by atoms with Gasteiger partial charge in [0.1, 0.15) is 5.75 Å². The molecule has 0 aliphatic rings. The summed E-state index contributed by atoms with van der Waals surface area (Å²) >= 11 is 0. The van der Waals surface area contributed by atoms with Crippen LogP contribution in [-0.4, -0.2) is 43.5 Å². The number of nitrogens with one attached hydrogen (secondary N) is 2. The average Bonchev–Trinajstić information content (AvgIpc) is 2.68. The molecule has 0 unspecified atom stereocenters. The highest BCUT2D eigenvalue weighted by atomic mass is 16.5. The van der Waals surface area contributed by atoms with Gasteiger partial charge < -0.3 is 15.4 Å². The molecule has 0 heterocycles. The van der Waals surface area contributed by atoms with E-state index in [2.05, 4.69) is 17.6 Å². The number of benzene rings is 2. The van der Waals surface area contributed by atoms with Gasteiger partial charge in [-0.25, -0.2) is 0 Å². The third-order valence-corrected chi connectivity index (χ3v) is 4.20. The SMILES string of the molecule is CCc1ccc(NC(=O)CN(CC)CC(=O)Nc2ccc(OC)cc2)cc1. The van der Waals surface area contributed by atoms with Gasteiger partial charge >= 0.3 is 0 Å². The van der Waals surface area contributed by atoms with Crippen LogP contribution in [0.1, 0.15) is 19.4 Å². The predicted molar refractivity (Wildman–Crippen MR) is 108 cm³/mol. The summed E-state index contributed by atoms with van der Waals surface area (Å²) in [5, 5.41) is 5.69. The van der Waals surface area contributed by atoms with Crippen LogP contribution in [0.15, 0.2) is 48.5 Å². The standard InChI is InChI=1S/C21H27N3O3/c1-4-16-6-8-17(9-7-16)22-20(25)14-24(5-2)15-21(26)23-18-10-12-19(27-3)13-11-18/h6-13H,4-5,14-15H2,1-3H3,(H,22,25)(H,23,26). The lowest BCUT2D eigenvalue weighted by atomic mass is 10.1. The highest BCUT2D eigenvalue weighted by Gasteiger charge is 2.13. The molecule has 2 amide bonds. The molecule has 0 aliphatic carbocycles. The first-order valence-corrected chi connectivity index (χ1v) is 9.09. The minimum Gasteiger partial charge on any atom is -0.497 e. The number of carbonyl (C=O) groups excluding carboxylic acids is 2. The summed E-state index contributed by atoms with van der Waals surface area (Å²) in [5.41, 5.74) is 2.67. The summed E-state index contributed by atoms with van der Waals surface area (Å²) in [7, 11) is 1.59. The molecule has 144 valence electrons. The largest absolute Gasteiger partial charge is 0.497 e. The Morgan fingerprint density at radius 1 is 0.852 bits per heavy atom. The fourth-order valence-corrected chi connectivity index (χ4v) is 2.58. The van der Waals surface area contributed by atoms with E-state index in [-0.39, 0.29) is 24.9 Å². The van der Waals surface area contributed by atoms with E-state index in [1.165, 1.54) is 5.56 Å². The van der Waals surface area contributed by atoms with Crippen LogP contribution in [0.25, 0.3) is 0 Å².